The maximum absolute atomic E-state index is 11.6. The van der Waals surface area contributed by atoms with E-state index in [0.29, 0.717) is 12.5 Å². The summed E-state index contributed by atoms with van der Waals surface area (Å²) in [6, 6.07) is 1.86. The van der Waals surface area contributed by atoms with E-state index >= 15 is 0 Å². The molecule has 0 amide bonds. The Bertz CT molecular complexity index is 411. The number of hydrogen-bond donors (Lipinski definition) is 3. The van der Waals surface area contributed by atoms with Gasteiger partial charge in [0.1, 0.15) is 0 Å². The van der Waals surface area contributed by atoms with E-state index in [1.807, 2.05) is 0 Å². The molecule has 1 saturated carbocycles. The second kappa shape index (κ2) is 3.92. The first-order chi connectivity index (χ1) is 7.16. The predicted molar refractivity (Wildman–Crippen MR) is 58.2 cm³/mol. The molecule has 15 heavy (non-hydrogen) atoms. The zero-order valence-corrected chi connectivity index (χ0v) is 8.62. The summed E-state index contributed by atoms with van der Waals surface area (Å²) in [5.41, 5.74) is 6.02. The molecule has 0 aliphatic heterocycles. The van der Waals surface area contributed by atoms with E-state index in [4.69, 9.17) is 11.1 Å². The highest BCUT2D eigenvalue weighted by atomic mass is 16.1. The number of aromatic nitrogens is 2. The van der Waals surface area contributed by atoms with Gasteiger partial charge >= 0.3 is 0 Å². The van der Waals surface area contributed by atoms with Crippen LogP contribution in [-0.4, -0.2) is 15.6 Å². The van der Waals surface area contributed by atoms with E-state index < -0.39 is 0 Å². The van der Waals surface area contributed by atoms with Gasteiger partial charge in [0.25, 0.3) is 5.56 Å². The lowest BCUT2D eigenvalue weighted by Crippen LogP contribution is -2.20. The number of hydrogen-bond acceptors (Lipinski definition) is 2. The molecule has 5 heteroatoms. The Morgan fingerprint density at radius 1 is 1.60 bits per heavy atom. The van der Waals surface area contributed by atoms with E-state index in [0.717, 1.165) is 18.5 Å². The van der Waals surface area contributed by atoms with Crippen LogP contribution in [-0.2, 0) is 6.42 Å². The predicted octanol–water partition coefficient (Wildman–Crippen LogP) is 0.770. The SMILES string of the molecule is N=C(N)Cc1cc(=O)n(C2CCCC2)[nH]1. The second-order valence-electron chi connectivity index (χ2n) is 4.13. The van der Waals surface area contributed by atoms with E-state index in [2.05, 4.69) is 5.10 Å². The molecule has 1 aromatic rings. The molecule has 0 aromatic carbocycles. The molecular weight excluding hydrogens is 192 g/mol. The number of aromatic amines is 1. The third-order valence-electron chi connectivity index (χ3n) is 2.87. The van der Waals surface area contributed by atoms with Gasteiger partial charge in [-0.2, -0.15) is 0 Å². The fraction of sp³-hybridized carbons (Fsp3) is 0.600. The van der Waals surface area contributed by atoms with Gasteiger partial charge in [-0.25, -0.2) is 4.68 Å². The molecule has 82 valence electrons. The van der Waals surface area contributed by atoms with Gasteiger partial charge in [0.2, 0.25) is 0 Å². The van der Waals surface area contributed by atoms with Crippen molar-refractivity contribution in [2.45, 2.75) is 38.1 Å². The summed E-state index contributed by atoms with van der Waals surface area (Å²) in [4.78, 5) is 11.6. The molecule has 0 saturated heterocycles. The average molecular weight is 208 g/mol. The summed E-state index contributed by atoms with van der Waals surface area (Å²) < 4.78 is 1.69. The van der Waals surface area contributed by atoms with Crippen LogP contribution >= 0.6 is 0 Å². The minimum atomic E-state index is -0.00171. The number of H-pyrrole nitrogens is 1. The lowest BCUT2D eigenvalue weighted by atomic mass is 10.3. The van der Waals surface area contributed by atoms with Gasteiger partial charge in [-0.1, -0.05) is 12.8 Å². The van der Waals surface area contributed by atoms with E-state index in [-0.39, 0.29) is 11.4 Å². The standard InChI is InChI=1S/C10H16N4O/c11-9(12)5-7-6-10(15)14(13-7)8-3-1-2-4-8/h6,8,13H,1-5H2,(H3,11,12). The Kier molecular flexibility index (Phi) is 2.62. The highest BCUT2D eigenvalue weighted by molar-refractivity contribution is 5.78. The molecule has 1 fully saturated rings. The van der Waals surface area contributed by atoms with Crippen molar-refractivity contribution in [1.29, 1.82) is 5.41 Å². The minimum absolute atomic E-state index is 0.00171. The van der Waals surface area contributed by atoms with Crippen molar-refractivity contribution in [2.75, 3.05) is 0 Å². The first-order valence-corrected chi connectivity index (χ1v) is 5.30. The summed E-state index contributed by atoms with van der Waals surface area (Å²) >= 11 is 0. The molecular formula is C10H16N4O. The number of rotatable bonds is 3. The fourth-order valence-corrected chi connectivity index (χ4v) is 2.19. The van der Waals surface area contributed by atoms with Crippen LogP contribution in [0.2, 0.25) is 0 Å². The van der Waals surface area contributed by atoms with Gasteiger partial charge < -0.3 is 5.73 Å². The van der Waals surface area contributed by atoms with Gasteiger partial charge in [-0.15, -0.1) is 0 Å². The molecule has 2 rings (SSSR count). The molecule has 1 aromatic heterocycles. The van der Waals surface area contributed by atoms with Gasteiger partial charge in [-0.3, -0.25) is 15.3 Å². The number of amidine groups is 1. The van der Waals surface area contributed by atoms with E-state index in [9.17, 15) is 4.79 Å². The summed E-state index contributed by atoms with van der Waals surface area (Å²) in [6.45, 7) is 0. The topological polar surface area (TPSA) is 87.7 Å². The van der Waals surface area contributed by atoms with Gasteiger partial charge in [0.15, 0.2) is 0 Å². The van der Waals surface area contributed by atoms with Crippen molar-refractivity contribution in [1.82, 2.24) is 9.78 Å². The molecule has 0 spiro atoms. The van der Waals surface area contributed by atoms with Crippen LogP contribution in [0.4, 0.5) is 0 Å². The Morgan fingerprint density at radius 2 is 2.27 bits per heavy atom. The zero-order valence-electron chi connectivity index (χ0n) is 8.62. The molecule has 0 bridgehead atoms. The Hall–Kier alpha value is -1.52. The lowest BCUT2D eigenvalue weighted by Gasteiger charge is -2.09. The summed E-state index contributed by atoms with van der Waals surface area (Å²) in [6.07, 6.45) is 4.85. The number of nitrogens with two attached hydrogens (primary N) is 1. The lowest BCUT2D eigenvalue weighted by molar-refractivity contribution is 0.452. The van der Waals surface area contributed by atoms with E-state index in [1.165, 1.54) is 12.8 Å². The van der Waals surface area contributed by atoms with E-state index in [1.54, 1.807) is 10.7 Å². The average Bonchev–Trinajstić information content (AvgIpc) is 2.72. The van der Waals surface area contributed by atoms with Crippen molar-refractivity contribution in [2.24, 2.45) is 5.73 Å². The van der Waals surface area contributed by atoms with Gasteiger partial charge in [0, 0.05) is 18.2 Å². The second-order valence-corrected chi connectivity index (χ2v) is 4.13. The van der Waals surface area contributed by atoms with Gasteiger partial charge in [0.05, 0.1) is 11.9 Å². The normalized spacial score (nSPS) is 17.1. The van der Waals surface area contributed by atoms with Crippen molar-refractivity contribution in [3.05, 3.63) is 22.1 Å². The Labute approximate surface area is 87.8 Å². The van der Waals surface area contributed by atoms with Crippen LogP contribution < -0.4 is 11.3 Å². The summed E-state index contributed by atoms with van der Waals surface area (Å²) in [5.74, 6) is 0.0785. The highest BCUT2D eigenvalue weighted by Gasteiger charge is 2.19. The van der Waals surface area contributed by atoms with Crippen LogP contribution in [0.25, 0.3) is 0 Å². The first-order valence-electron chi connectivity index (χ1n) is 5.30. The Morgan fingerprint density at radius 3 is 2.87 bits per heavy atom. The molecule has 1 aliphatic carbocycles. The maximum atomic E-state index is 11.6. The summed E-state index contributed by atoms with van der Waals surface area (Å²) in [5, 5.41) is 10.2. The maximum Gasteiger partial charge on any atom is 0.266 e. The number of nitrogens with one attached hydrogen (secondary N) is 2. The minimum Gasteiger partial charge on any atom is -0.387 e. The molecule has 4 N–H and O–H groups in total. The highest BCUT2D eigenvalue weighted by Crippen LogP contribution is 2.27. The van der Waals surface area contributed by atoms with Crippen molar-refractivity contribution < 1.29 is 0 Å². The van der Waals surface area contributed by atoms with Crippen molar-refractivity contribution in [3.8, 4) is 0 Å². The van der Waals surface area contributed by atoms with Crippen LogP contribution in [0, 0.1) is 5.41 Å². The van der Waals surface area contributed by atoms with Crippen LogP contribution in [0.1, 0.15) is 37.4 Å². The van der Waals surface area contributed by atoms with Gasteiger partial charge in [-0.05, 0) is 12.8 Å². The smallest absolute Gasteiger partial charge is 0.266 e. The van der Waals surface area contributed by atoms with Crippen molar-refractivity contribution in [3.63, 3.8) is 0 Å². The largest absolute Gasteiger partial charge is 0.387 e. The number of nitrogens with zero attached hydrogens (tertiary/aromatic N) is 1. The third kappa shape index (κ3) is 2.11. The van der Waals surface area contributed by atoms with Crippen LogP contribution in [0.15, 0.2) is 10.9 Å². The fourth-order valence-electron chi connectivity index (χ4n) is 2.19. The molecule has 0 unspecified atom stereocenters. The zero-order chi connectivity index (χ0) is 10.8. The summed E-state index contributed by atoms with van der Waals surface area (Å²) in [7, 11) is 0. The molecule has 1 aliphatic rings. The molecule has 0 radical (unpaired) electrons. The Balaban J connectivity index is 2.21. The third-order valence-corrected chi connectivity index (χ3v) is 2.87. The molecule has 0 atom stereocenters. The molecule has 5 nitrogen and oxygen atoms in total. The van der Waals surface area contributed by atoms with Crippen molar-refractivity contribution >= 4 is 5.84 Å². The molecule has 1 heterocycles. The van der Waals surface area contributed by atoms with Crippen LogP contribution in [0.3, 0.4) is 0 Å². The monoisotopic (exact) mass is 208 g/mol. The quantitative estimate of drug-likeness (QED) is 0.506. The van der Waals surface area contributed by atoms with Crippen LogP contribution in [0.5, 0.6) is 0 Å². The first kappa shape index (κ1) is 10.0.